The number of fused-ring (bicyclic) bond motifs is 1. The topological polar surface area (TPSA) is 38.3 Å². The zero-order valence-corrected chi connectivity index (χ0v) is 13.2. The predicted octanol–water partition coefficient (Wildman–Crippen LogP) is 4.06. The molecule has 0 atom stereocenters. The minimum absolute atomic E-state index is 0.0938. The Balaban J connectivity index is 0.000000123. The Morgan fingerprint density at radius 1 is 0.875 bits per heavy atom. The monoisotopic (exact) mass is 315 g/mol. The summed E-state index contributed by atoms with van der Waals surface area (Å²) in [6.07, 6.45) is 5.94. The second kappa shape index (κ2) is 6.20. The highest BCUT2D eigenvalue weighted by Crippen LogP contribution is 2.27. The van der Waals surface area contributed by atoms with E-state index < -0.39 is 0 Å². The van der Waals surface area contributed by atoms with Crippen LogP contribution in [0.15, 0.2) is 66.7 Å². The van der Waals surface area contributed by atoms with Crippen molar-refractivity contribution in [2.45, 2.75) is 12.8 Å². The van der Waals surface area contributed by atoms with Gasteiger partial charge in [0, 0.05) is 5.56 Å². The quantitative estimate of drug-likeness (QED) is 0.679. The third-order valence-electron chi connectivity index (χ3n) is 4.26. The van der Waals surface area contributed by atoms with Crippen LogP contribution in [0, 0.1) is 0 Å². The van der Waals surface area contributed by atoms with Gasteiger partial charge < -0.3 is 4.84 Å². The first-order valence-corrected chi connectivity index (χ1v) is 8.02. The van der Waals surface area contributed by atoms with Crippen molar-refractivity contribution in [3.63, 3.8) is 0 Å². The molecule has 0 saturated heterocycles. The van der Waals surface area contributed by atoms with Crippen LogP contribution in [0.5, 0.6) is 5.75 Å². The van der Waals surface area contributed by atoms with E-state index in [0.717, 1.165) is 17.7 Å². The van der Waals surface area contributed by atoms with Gasteiger partial charge in [0.25, 0.3) is 5.91 Å². The van der Waals surface area contributed by atoms with E-state index in [2.05, 4.69) is 54.0 Å². The van der Waals surface area contributed by atoms with Gasteiger partial charge in [0.1, 0.15) is 0 Å². The Bertz CT molecular complexity index is 938. The molecule has 0 spiro atoms. The average Bonchev–Trinajstić information content (AvgIpc) is 2.63. The number of hydroxylamine groups is 1. The van der Waals surface area contributed by atoms with Crippen LogP contribution in [0.1, 0.15) is 16.7 Å². The lowest BCUT2D eigenvalue weighted by Gasteiger charge is -2.15. The second-order valence-electron chi connectivity index (χ2n) is 5.88. The molecule has 0 unspecified atom stereocenters. The molecule has 0 radical (unpaired) electrons. The second-order valence-corrected chi connectivity index (χ2v) is 5.88. The van der Waals surface area contributed by atoms with Crippen molar-refractivity contribution in [1.82, 2.24) is 5.48 Å². The summed E-state index contributed by atoms with van der Waals surface area (Å²) < 4.78 is 0. The van der Waals surface area contributed by atoms with E-state index in [1.165, 1.54) is 21.9 Å². The van der Waals surface area contributed by atoms with Crippen molar-refractivity contribution in [3.8, 4) is 5.75 Å². The molecule has 3 aromatic rings. The molecule has 0 saturated carbocycles. The van der Waals surface area contributed by atoms with Crippen LogP contribution < -0.4 is 10.3 Å². The first kappa shape index (κ1) is 14.5. The molecular weight excluding hydrogens is 298 g/mol. The number of rotatable bonds is 0. The van der Waals surface area contributed by atoms with Gasteiger partial charge in [0.05, 0.1) is 6.42 Å². The van der Waals surface area contributed by atoms with Crippen molar-refractivity contribution in [3.05, 3.63) is 83.4 Å². The van der Waals surface area contributed by atoms with E-state index >= 15 is 0 Å². The number of hydrogen-bond acceptors (Lipinski definition) is 2. The largest absolute Gasteiger partial charge is 0.379 e. The predicted molar refractivity (Wildman–Crippen MR) is 95.6 cm³/mol. The molecule has 0 fully saturated rings. The molecule has 0 aromatic heterocycles. The number of carbonyl (C=O) groups excluding carboxylic acids is 1. The fourth-order valence-corrected chi connectivity index (χ4v) is 3.14. The molecule has 3 nitrogen and oxygen atoms in total. The van der Waals surface area contributed by atoms with Gasteiger partial charge in [-0.1, -0.05) is 66.7 Å². The first-order valence-electron chi connectivity index (χ1n) is 8.02. The van der Waals surface area contributed by atoms with Crippen LogP contribution in [0.2, 0.25) is 0 Å². The van der Waals surface area contributed by atoms with Crippen molar-refractivity contribution >= 4 is 22.8 Å². The smallest absolute Gasteiger partial charge is 0.257 e. The van der Waals surface area contributed by atoms with Crippen LogP contribution in [0.3, 0.4) is 0 Å². The Labute approximate surface area is 140 Å². The lowest BCUT2D eigenvalue weighted by molar-refractivity contribution is -0.128. The molecule has 1 heterocycles. The van der Waals surface area contributed by atoms with Gasteiger partial charge in [0.2, 0.25) is 0 Å². The van der Waals surface area contributed by atoms with Crippen molar-refractivity contribution in [1.29, 1.82) is 0 Å². The summed E-state index contributed by atoms with van der Waals surface area (Å²) in [7, 11) is 0. The molecule has 24 heavy (non-hydrogen) atoms. The molecular formula is C21H17NO2. The standard InChI is InChI=1S/C13H10.C8H7NO2/c1-4-10-6-2-8-12-9-3-7-11(5-1)13(10)12;10-8-5-6-3-1-2-4-7(6)11-9-8/h1-8H,9H2;1-4H,5H2,(H,9,10). The molecule has 1 aliphatic carbocycles. The number of hydrogen-bond donors (Lipinski definition) is 1. The minimum atomic E-state index is -0.0938. The van der Waals surface area contributed by atoms with E-state index in [-0.39, 0.29) is 5.91 Å². The summed E-state index contributed by atoms with van der Waals surface area (Å²) >= 11 is 0. The lowest BCUT2D eigenvalue weighted by atomic mass is 9.93. The molecule has 3 heteroatoms. The highest BCUT2D eigenvalue weighted by molar-refractivity contribution is 5.94. The van der Waals surface area contributed by atoms with Crippen LogP contribution in [-0.4, -0.2) is 5.91 Å². The minimum Gasteiger partial charge on any atom is -0.379 e. The number of carbonyl (C=O) groups is 1. The van der Waals surface area contributed by atoms with E-state index in [1.807, 2.05) is 24.3 Å². The molecule has 118 valence electrons. The number of allylic oxidation sites excluding steroid dienone is 1. The van der Waals surface area contributed by atoms with Crippen LogP contribution in [0.25, 0.3) is 16.8 Å². The Morgan fingerprint density at radius 2 is 1.67 bits per heavy atom. The van der Waals surface area contributed by atoms with Crippen molar-refractivity contribution in [2.24, 2.45) is 0 Å². The third-order valence-corrected chi connectivity index (χ3v) is 4.26. The van der Waals surface area contributed by atoms with E-state index in [9.17, 15) is 4.79 Å². The number of para-hydroxylation sites is 1. The molecule has 0 bridgehead atoms. The molecule has 1 amide bonds. The Hall–Kier alpha value is -3.07. The maximum atomic E-state index is 10.8. The summed E-state index contributed by atoms with van der Waals surface area (Å²) in [5.41, 5.74) is 6.06. The van der Waals surface area contributed by atoms with Gasteiger partial charge >= 0.3 is 0 Å². The summed E-state index contributed by atoms with van der Waals surface area (Å²) in [6.45, 7) is 0. The summed E-state index contributed by atoms with van der Waals surface area (Å²) in [5.74, 6) is 0.649. The lowest BCUT2D eigenvalue weighted by Crippen LogP contribution is -2.32. The highest BCUT2D eigenvalue weighted by atomic mass is 16.7. The fourth-order valence-electron chi connectivity index (χ4n) is 3.14. The molecule has 5 rings (SSSR count). The van der Waals surface area contributed by atoms with E-state index in [4.69, 9.17) is 4.84 Å². The Kier molecular flexibility index (Phi) is 3.75. The van der Waals surface area contributed by atoms with Gasteiger partial charge in [-0.3, -0.25) is 4.79 Å². The van der Waals surface area contributed by atoms with E-state index in [1.54, 1.807) is 0 Å². The van der Waals surface area contributed by atoms with Gasteiger partial charge in [-0.05, 0) is 34.4 Å². The third kappa shape index (κ3) is 2.76. The highest BCUT2D eigenvalue weighted by Gasteiger charge is 2.14. The van der Waals surface area contributed by atoms with Crippen molar-refractivity contribution < 1.29 is 9.63 Å². The summed E-state index contributed by atoms with van der Waals surface area (Å²) in [5, 5.41) is 2.80. The van der Waals surface area contributed by atoms with Gasteiger partial charge in [-0.2, -0.15) is 5.48 Å². The molecule has 1 aliphatic heterocycles. The Morgan fingerprint density at radius 3 is 2.58 bits per heavy atom. The molecule has 2 aliphatic rings. The van der Waals surface area contributed by atoms with E-state index in [0.29, 0.717) is 6.42 Å². The first-order chi connectivity index (χ1) is 11.8. The average molecular weight is 315 g/mol. The number of amides is 1. The maximum absolute atomic E-state index is 10.8. The van der Waals surface area contributed by atoms with Crippen LogP contribution in [-0.2, 0) is 17.6 Å². The van der Waals surface area contributed by atoms with Gasteiger partial charge in [-0.25, -0.2) is 0 Å². The molecule has 3 aromatic carbocycles. The zero-order chi connectivity index (χ0) is 16.4. The van der Waals surface area contributed by atoms with Gasteiger partial charge in [0.15, 0.2) is 5.75 Å². The maximum Gasteiger partial charge on any atom is 0.257 e. The summed E-state index contributed by atoms with van der Waals surface area (Å²) in [6, 6.07) is 20.5. The van der Waals surface area contributed by atoms with Crippen LogP contribution >= 0.6 is 0 Å². The fraction of sp³-hybridized carbons (Fsp3) is 0.0952. The van der Waals surface area contributed by atoms with Gasteiger partial charge in [-0.15, -0.1) is 0 Å². The van der Waals surface area contributed by atoms with Crippen molar-refractivity contribution in [2.75, 3.05) is 0 Å². The number of benzene rings is 3. The van der Waals surface area contributed by atoms with Crippen LogP contribution in [0.4, 0.5) is 0 Å². The summed E-state index contributed by atoms with van der Waals surface area (Å²) in [4.78, 5) is 15.7. The number of nitrogens with one attached hydrogen (secondary N) is 1. The normalized spacial score (nSPS) is 14.1. The SMILES string of the molecule is C1=Cc2cccc3cccc(c23)C1.O=C1Cc2ccccc2ON1. The zero-order valence-electron chi connectivity index (χ0n) is 13.2. The molecule has 1 N–H and O–H groups in total.